The number of ether oxygens (including phenoxy) is 4. The molecule has 9 nitrogen and oxygen atoms in total. The summed E-state index contributed by atoms with van der Waals surface area (Å²) in [5, 5.41) is 0.608. The lowest BCUT2D eigenvalue weighted by molar-refractivity contribution is 0.0113. The first-order chi connectivity index (χ1) is 18.5. The monoisotopic (exact) mass is 536 g/mol. The number of likely N-dealkylation sites (tertiary alicyclic amines) is 1. The molecule has 2 heterocycles. The van der Waals surface area contributed by atoms with Gasteiger partial charge in [-0.1, -0.05) is 12.1 Å². The van der Waals surface area contributed by atoms with Crippen LogP contribution in [-0.4, -0.2) is 67.0 Å². The fraction of sp³-hybridized carbons (Fsp3) is 0.433. The number of esters is 1. The molecule has 39 heavy (non-hydrogen) atoms. The predicted octanol–water partition coefficient (Wildman–Crippen LogP) is 5.52. The van der Waals surface area contributed by atoms with Gasteiger partial charge in [0.05, 0.1) is 43.0 Å². The molecular weight excluding hydrogens is 500 g/mol. The first-order valence-electron chi connectivity index (χ1n) is 12.9. The van der Waals surface area contributed by atoms with Gasteiger partial charge in [0, 0.05) is 25.2 Å². The van der Waals surface area contributed by atoms with Gasteiger partial charge in [0.15, 0.2) is 0 Å². The van der Waals surface area contributed by atoms with E-state index in [0.29, 0.717) is 47.2 Å². The van der Waals surface area contributed by atoms with Gasteiger partial charge in [-0.2, -0.15) is 0 Å². The van der Waals surface area contributed by atoms with E-state index >= 15 is 0 Å². The van der Waals surface area contributed by atoms with Crippen molar-refractivity contribution in [3.8, 4) is 5.75 Å². The molecule has 1 aliphatic rings. The summed E-state index contributed by atoms with van der Waals surface area (Å²) in [6.07, 6.45) is 2.36. The molecular formula is C30H36N2O7. The summed E-state index contributed by atoms with van der Waals surface area (Å²) in [6.45, 7) is 7.76. The van der Waals surface area contributed by atoms with Gasteiger partial charge in [0.1, 0.15) is 11.4 Å². The van der Waals surface area contributed by atoms with Crippen LogP contribution >= 0.6 is 0 Å². The minimum atomic E-state index is -0.672. The van der Waals surface area contributed by atoms with Crippen LogP contribution in [0, 0.1) is 6.92 Å². The van der Waals surface area contributed by atoms with Crippen molar-refractivity contribution in [3.63, 3.8) is 0 Å². The highest BCUT2D eigenvalue weighted by Gasteiger charge is 2.36. The Morgan fingerprint density at radius 2 is 1.69 bits per heavy atom. The number of rotatable bonds is 5. The highest BCUT2D eigenvalue weighted by atomic mass is 16.6. The van der Waals surface area contributed by atoms with Gasteiger partial charge in [-0.3, -0.25) is 9.36 Å². The lowest BCUT2D eigenvalue weighted by Crippen LogP contribution is -2.43. The number of piperidine rings is 1. The van der Waals surface area contributed by atoms with Gasteiger partial charge in [0.2, 0.25) is 0 Å². The molecule has 2 atom stereocenters. The van der Waals surface area contributed by atoms with E-state index in [1.807, 2.05) is 44.7 Å². The SMILES string of the molecule is COC(=O)c1ccc([C@@H]2C[C@@H](OC)CCN2C(=O)c2c(OC)cc(C)c3c2ccn3C(=O)OC(C)(C)C)cc1. The van der Waals surface area contributed by atoms with E-state index in [9.17, 15) is 14.4 Å². The molecule has 1 aromatic heterocycles. The molecule has 3 aromatic rings. The zero-order chi connectivity index (χ0) is 28.5. The van der Waals surface area contributed by atoms with Gasteiger partial charge in [-0.05, 0) is 75.9 Å². The van der Waals surface area contributed by atoms with Gasteiger partial charge >= 0.3 is 12.1 Å². The average Bonchev–Trinajstić information content (AvgIpc) is 3.37. The number of nitrogens with zero attached hydrogens (tertiary/aromatic N) is 2. The second-order valence-electron chi connectivity index (χ2n) is 10.7. The summed E-state index contributed by atoms with van der Waals surface area (Å²) in [7, 11) is 4.54. The van der Waals surface area contributed by atoms with Crippen LogP contribution < -0.4 is 4.74 Å². The van der Waals surface area contributed by atoms with E-state index in [0.717, 1.165) is 11.1 Å². The average molecular weight is 537 g/mol. The van der Waals surface area contributed by atoms with Gasteiger partial charge in [0.25, 0.3) is 5.91 Å². The summed E-state index contributed by atoms with van der Waals surface area (Å²) in [5.74, 6) is -0.204. The van der Waals surface area contributed by atoms with E-state index in [-0.39, 0.29) is 18.1 Å². The summed E-state index contributed by atoms with van der Waals surface area (Å²) in [5.41, 5.74) is 2.40. The zero-order valence-corrected chi connectivity index (χ0v) is 23.6. The number of aromatic nitrogens is 1. The minimum Gasteiger partial charge on any atom is -0.496 e. The van der Waals surface area contributed by atoms with E-state index in [1.165, 1.54) is 18.8 Å². The number of hydrogen-bond donors (Lipinski definition) is 0. The number of methoxy groups -OCH3 is 3. The van der Waals surface area contributed by atoms with Crippen molar-refractivity contribution in [1.29, 1.82) is 0 Å². The summed E-state index contributed by atoms with van der Waals surface area (Å²) < 4.78 is 23.2. The van der Waals surface area contributed by atoms with E-state index < -0.39 is 17.7 Å². The Labute approximate surface area is 228 Å². The van der Waals surface area contributed by atoms with Crippen molar-refractivity contribution in [1.82, 2.24) is 9.47 Å². The molecule has 1 aliphatic heterocycles. The maximum absolute atomic E-state index is 14.3. The Bertz CT molecular complexity index is 1390. The van der Waals surface area contributed by atoms with Gasteiger partial charge < -0.3 is 23.8 Å². The zero-order valence-electron chi connectivity index (χ0n) is 23.6. The number of amides is 1. The third kappa shape index (κ3) is 5.63. The van der Waals surface area contributed by atoms with Gasteiger partial charge in [-0.15, -0.1) is 0 Å². The molecule has 0 bridgehead atoms. The summed E-state index contributed by atoms with van der Waals surface area (Å²) >= 11 is 0. The Morgan fingerprint density at radius 1 is 1.00 bits per heavy atom. The van der Waals surface area contributed by atoms with Crippen molar-refractivity contribution in [2.45, 2.75) is 58.3 Å². The van der Waals surface area contributed by atoms with E-state index in [4.69, 9.17) is 18.9 Å². The fourth-order valence-electron chi connectivity index (χ4n) is 5.16. The Kier molecular flexibility index (Phi) is 8.02. The maximum atomic E-state index is 14.3. The van der Waals surface area contributed by atoms with Crippen LogP contribution in [0.3, 0.4) is 0 Å². The van der Waals surface area contributed by atoms with Crippen LogP contribution in [0.4, 0.5) is 4.79 Å². The Hall–Kier alpha value is -3.85. The number of hydrogen-bond acceptors (Lipinski definition) is 7. The first kappa shape index (κ1) is 28.2. The molecule has 0 N–H and O–H groups in total. The van der Waals surface area contributed by atoms with Crippen LogP contribution in [-0.2, 0) is 14.2 Å². The molecule has 0 aliphatic carbocycles. The Balaban J connectivity index is 1.79. The van der Waals surface area contributed by atoms with Crippen LogP contribution in [0.25, 0.3) is 10.9 Å². The molecule has 2 aromatic carbocycles. The molecule has 1 amide bonds. The highest BCUT2D eigenvalue weighted by molar-refractivity contribution is 6.11. The second-order valence-corrected chi connectivity index (χ2v) is 10.7. The summed E-state index contributed by atoms with van der Waals surface area (Å²) in [4.78, 5) is 41.1. The third-order valence-corrected chi connectivity index (χ3v) is 7.01. The molecule has 4 rings (SSSR count). The van der Waals surface area contributed by atoms with Crippen LogP contribution in [0.2, 0.25) is 0 Å². The standard InChI is InChI=1S/C30H36N2O7/c1-18-16-24(37-6)25(22-13-15-32(26(18)22)29(35)39-30(2,3)4)27(33)31-14-12-21(36-5)17-23(31)19-8-10-20(11-9-19)28(34)38-7/h8-11,13,15-16,21,23H,12,14,17H2,1-7H3/t21-,23-/m0/s1. The smallest absolute Gasteiger partial charge is 0.419 e. The van der Waals surface area contributed by atoms with Crippen molar-refractivity contribution >= 4 is 28.9 Å². The lowest BCUT2D eigenvalue weighted by Gasteiger charge is -2.39. The molecule has 208 valence electrons. The topological polar surface area (TPSA) is 96.3 Å². The lowest BCUT2D eigenvalue weighted by atomic mass is 9.91. The highest BCUT2D eigenvalue weighted by Crippen LogP contribution is 2.38. The predicted molar refractivity (Wildman–Crippen MR) is 146 cm³/mol. The van der Waals surface area contributed by atoms with Crippen molar-refractivity contribution in [2.24, 2.45) is 0 Å². The van der Waals surface area contributed by atoms with Crippen molar-refractivity contribution in [3.05, 3.63) is 64.8 Å². The van der Waals surface area contributed by atoms with Crippen molar-refractivity contribution in [2.75, 3.05) is 27.9 Å². The quantitative estimate of drug-likeness (QED) is 0.396. The van der Waals surface area contributed by atoms with Gasteiger partial charge in [-0.25, -0.2) is 9.59 Å². The normalized spacial score (nSPS) is 17.7. The number of fused-ring (bicyclic) bond motifs is 1. The number of carbonyl (C=O) groups is 3. The molecule has 0 unspecified atom stereocenters. The molecule has 9 heteroatoms. The van der Waals surface area contributed by atoms with E-state index in [1.54, 1.807) is 37.6 Å². The minimum absolute atomic E-state index is 0.0208. The van der Waals surface area contributed by atoms with Crippen molar-refractivity contribution < 1.29 is 33.3 Å². The molecule has 0 saturated carbocycles. The number of aryl methyl sites for hydroxylation is 1. The summed E-state index contributed by atoms with van der Waals surface area (Å²) in [6, 6.07) is 10.3. The fourth-order valence-corrected chi connectivity index (χ4v) is 5.16. The number of benzene rings is 2. The number of carbonyl (C=O) groups excluding carboxylic acids is 3. The molecule has 1 fully saturated rings. The van der Waals surface area contributed by atoms with Crippen LogP contribution in [0.1, 0.15) is 71.5 Å². The molecule has 0 radical (unpaired) electrons. The van der Waals surface area contributed by atoms with Crippen LogP contribution in [0.15, 0.2) is 42.6 Å². The molecule has 1 saturated heterocycles. The molecule has 0 spiro atoms. The third-order valence-electron chi connectivity index (χ3n) is 7.01. The largest absolute Gasteiger partial charge is 0.496 e. The van der Waals surface area contributed by atoms with E-state index in [2.05, 4.69) is 0 Å². The maximum Gasteiger partial charge on any atom is 0.419 e. The second kappa shape index (κ2) is 11.1. The van der Waals surface area contributed by atoms with Crippen LogP contribution in [0.5, 0.6) is 5.75 Å². The first-order valence-corrected chi connectivity index (χ1v) is 12.9. The Morgan fingerprint density at radius 3 is 2.28 bits per heavy atom.